The lowest BCUT2D eigenvalue weighted by molar-refractivity contribution is 0.110. The molecular weight excluding hydrogens is 206 g/mol. The molecule has 0 aromatic heterocycles. The van der Waals surface area contributed by atoms with Gasteiger partial charge in [0.1, 0.15) is 18.1 Å². The lowest BCUT2D eigenvalue weighted by Crippen LogP contribution is -2.07. The Kier molecular flexibility index (Phi) is 5.67. The van der Waals surface area contributed by atoms with Gasteiger partial charge in [0.15, 0.2) is 0 Å². The first kappa shape index (κ1) is 12.8. The Bertz CT molecular complexity index is 293. The Morgan fingerprint density at radius 1 is 1.12 bits per heavy atom. The summed E-state index contributed by atoms with van der Waals surface area (Å²) in [6.45, 7) is 4.25. The molecule has 1 aromatic carbocycles. The quantitative estimate of drug-likeness (QED) is 0.716. The minimum atomic E-state index is 0.471. The van der Waals surface area contributed by atoms with E-state index in [1.54, 1.807) is 7.11 Å². The molecule has 0 saturated heterocycles. The molecule has 0 aliphatic carbocycles. The van der Waals surface area contributed by atoms with Crippen LogP contribution in [0.15, 0.2) is 18.2 Å². The van der Waals surface area contributed by atoms with Crippen LogP contribution < -0.4 is 15.2 Å². The maximum atomic E-state index is 5.58. The number of nitrogens with two attached hydrogens (primary N) is 1. The highest BCUT2D eigenvalue weighted by Crippen LogP contribution is 2.22. The molecule has 0 radical (unpaired) electrons. The van der Waals surface area contributed by atoms with Gasteiger partial charge < -0.3 is 19.9 Å². The highest BCUT2D eigenvalue weighted by Gasteiger charge is 2.01. The van der Waals surface area contributed by atoms with Crippen LogP contribution in [0.1, 0.15) is 12.5 Å². The molecule has 0 unspecified atom stereocenters. The van der Waals surface area contributed by atoms with Crippen LogP contribution in [-0.4, -0.2) is 26.9 Å². The van der Waals surface area contributed by atoms with Crippen LogP contribution >= 0.6 is 0 Å². The van der Waals surface area contributed by atoms with E-state index in [4.69, 9.17) is 19.9 Å². The van der Waals surface area contributed by atoms with Crippen molar-refractivity contribution in [1.82, 2.24) is 0 Å². The summed E-state index contributed by atoms with van der Waals surface area (Å²) in [4.78, 5) is 0. The van der Waals surface area contributed by atoms with Crippen LogP contribution in [0.2, 0.25) is 0 Å². The fourth-order valence-electron chi connectivity index (χ4n) is 1.31. The molecular formula is C12H19NO3. The van der Waals surface area contributed by atoms with Crippen LogP contribution in [0.3, 0.4) is 0 Å². The van der Waals surface area contributed by atoms with E-state index in [-0.39, 0.29) is 0 Å². The second-order valence-corrected chi connectivity index (χ2v) is 3.27. The standard InChI is InChI=1S/C12H19NO3/c1-3-15-4-5-16-12-7-10(9-13)6-11(8-12)14-2/h6-8H,3-5,9,13H2,1-2H3. The maximum absolute atomic E-state index is 5.58. The highest BCUT2D eigenvalue weighted by atomic mass is 16.5. The van der Waals surface area contributed by atoms with Gasteiger partial charge in [0.05, 0.1) is 13.7 Å². The van der Waals surface area contributed by atoms with Crippen molar-refractivity contribution in [2.24, 2.45) is 5.73 Å². The van der Waals surface area contributed by atoms with Crippen molar-refractivity contribution in [3.63, 3.8) is 0 Å². The van der Waals surface area contributed by atoms with Gasteiger partial charge in [0.2, 0.25) is 0 Å². The van der Waals surface area contributed by atoms with Crippen molar-refractivity contribution in [3.05, 3.63) is 23.8 Å². The summed E-state index contributed by atoms with van der Waals surface area (Å²) >= 11 is 0. The number of methoxy groups -OCH3 is 1. The molecule has 1 aromatic rings. The monoisotopic (exact) mass is 225 g/mol. The molecule has 16 heavy (non-hydrogen) atoms. The van der Waals surface area contributed by atoms with Gasteiger partial charge in [-0.25, -0.2) is 0 Å². The van der Waals surface area contributed by atoms with Crippen LogP contribution in [0, 0.1) is 0 Å². The highest BCUT2D eigenvalue weighted by molar-refractivity contribution is 5.38. The fourth-order valence-corrected chi connectivity index (χ4v) is 1.31. The number of ether oxygens (including phenoxy) is 3. The van der Waals surface area contributed by atoms with Gasteiger partial charge in [0, 0.05) is 19.2 Å². The van der Waals surface area contributed by atoms with Crippen molar-refractivity contribution in [1.29, 1.82) is 0 Å². The zero-order chi connectivity index (χ0) is 11.8. The normalized spacial score (nSPS) is 10.2. The Morgan fingerprint density at radius 2 is 1.88 bits per heavy atom. The zero-order valence-corrected chi connectivity index (χ0v) is 9.86. The lowest BCUT2D eigenvalue weighted by Gasteiger charge is -2.09. The molecule has 0 fully saturated rings. The number of benzene rings is 1. The molecule has 0 aliphatic heterocycles. The van der Waals surface area contributed by atoms with Gasteiger partial charge >= 0.3 is 0 Å². The molecule has 90 valence electrons. The fraction of sp³-hybridized carbons (Fsp3) is 0.500. The van der Waals surface area contributed by atoms with E-state index in [1.165, 1.54) is 0 Å². The summed E-state index contributed by atoms with van der Waals surface area (Å²) in [5.41, 5.74) is 6.57. The molecule has 0 aliphatic rings. The van der Waals surface area contributed by atoms with Crippen molar-refractivity contribution in [2.75, 3.05) is 26.9 Å². The Hall–Kier alpha value is -1.26. The molecule has 2 N–H and O–H groups in total. The minimum Gasteiger partial charge on any atom is -0.497 e. The topological polar surface area (TPSA) is 53.7 Å². The molecule has 4 heteroatoms. The average molecular weight is 225 g/mol. The van der Waals surface area contributed by atoms with E-state index in [0.29, 0.717) is 26.4 Å². The Labute approximate surface area is 96.3 Å². The first-order valence-electron chi connectivity index (χ1n) is 5.38. The second-order valence-electron chi connectivity index (χ2n) is 3.27. The summed E-state index contributed by atoms with van der Waals surface area (Å²) in [6, 6.07) is 5.65. The Balaban J connectivity index is 2.57. The third-order valence-electron chi connectivity index (χ3n) is 2.11. The molecule has 0 amide bonds. The minimum absolute atomic E-state index is 0.471. The molecule has 0 atom stereocenters. The van der Waals surface area contributed by atoms with E-state index in [2.05, 4.69) is 0 Å². The predicted molar refractivity (Wildman–Crippen MR) is 62.9 cm³/mol. The summed E-state index contributed by atoms with van der Waals surface area (Å²) in [6.07, 6.45) is 0. The average Bonchev–Trinajstić information content (AvgIpc) is 2.34. The van der Waals surface area contributed by atoms with E-state index >= 15 is 0 Å². The third-order valence-corrected chi connectivity index (χ3v) is 2.11. The van der Waals surface area contributed by atoms with Crippen molar-refractivity contribution in [3.8, 4) is 11.5 Å². The van der Waals surface area contributed by atoms with Gasteiger partial charge in [-0.15, -0.1) is 0 Å². The van der Waals surface area contributed by atoms with Gasteiger partial charge in [-0.05, 0) is 24.6 Å². The van der Waals surface area contributed by atoms with Crippen LogP contribution in [0.4, 0.5) is 0 Å². The summed E-state index contributed by atoms with van der Waals surface area (Å²) in [5.74, 6) is 1.52. The summed E-state index contributed by atoms with van der Waals surface area (Å²) in [5, 5.41) is 0. The summed E-state index contributed by atoms with van der Waals surface area (Å²) < 4.78 is 15.9. The first-order chi connectivity index (χ1) is 7.80. The van der Waals surface area contributed by atoms with Gasteiger partial charge in [0.25, 0.3) is 0 Å². The predicted octanol–water partition coefficient (Wildman–Crippen LogP) is 1.57. The van der Waals surface area contributed by atoms with Crippen LogP contribution in [0.25, 0.3) is 0 Å². The number of rotatable bonds is 7. The summed E-state index contributed by atoms with van der Waals surface area (Å²) in [7, 11) is 1.62. The molecule has 0 bridgehead atoms. The van der Waals surface area contributed by atoms with E-state index in [9.17, 15) is 0 Å². The third kappa shape index (κ3) is 4.08. The van der Waals surface area contributed by atoms with E-state index < -0.39 is 0 Å². The van der Waals surface area contributed by atoms with Crippen LogP contribution in [-0.2, 0) is 11.3 Å². The van der Waals surface area contributed by atoms with Crippen LogP contribution in [0.5, 0.6) is 11.5 Å². The zero-order valence-electron chi connectivity index (χ0n) is 9.86. The number of hydrogen-bond acceptors (Lipinski definition) is 4. The van der Waals surface area contributed by atoms with Crippen molar-refractivity contribution >= 4 is 0 Å². The smallest absolute Gasteiger partial charge is 0.123 e. The SMILES string of the molecule is CCOCCOc1cc(CN)cc(OC)c1. The van der Waals surface area contributed by atoms with Gasteiger partial charge in [-0.3, -0.25) is 0 Å². The van der Waals surface area contributed by atoms with E-state index in [1.807, 2.05) is 25.1 Å². The Morgan fingerprint density at radius 3 is 2.50 bits per heavy atom. The maximum Gasteiger partial charge on any atom is 0.123 e. The second kappa shape index (κ2) is 7.09. The molecule has 0 saturated carbocycles. The largest absolute Gasteiger partial charge is 0.497 e. The van der Waals surface area contributed by atoms with Gasteiger partial charge in [-0.2, -0.15) is 0 Å². The molecule has 4 nitrogen and oxygen atoms in total. The molecule has 0 spiro atoms. The van der Waals surface area contributed by atoms with Gasteiger partial charge in [-0.1, -0.05) is 0 Å². The first-order valence-corrected chi connectivity index (χ1v) is 5.38. The molecule has 1 rings (SSSR count). The van der Waals surface area contributed by atoms with E-state index in [0.717, 1.165) is 17.1 Å². The molecule has 0 heterocycles. The van der Waals surface area contributed by atoms with Crippen molar-refractivity contribution in [2.45, 2.75) is 13.5 Å². The number of hydrogen-bond donors (Lipinski definition) is 1. The lowest BCUT2D eigenvalue weighted by atomic mass is 10.2. The van der Waals surface area contributed by atoms with Crippen molar-refractivity contribution < 1.29 is 14.2 Å².